The highest BCUT2D eigenvalue weighted by atomic mass is 16.5. The molecule has 4 heteroatoms. The smallest absolute Gasteiger partial charge is 0.373 e. The molecule has 0 aromatic heterocycles. The number of hydrogen-bond acceptors (Lipinski definition) is 4. The number of Topliss-reactive ketones (excluding diaryl/α,β-unsaturated/α-hetero) is 1. The van der Waals surface area contributed by atoms with Crippen LogP contribution in [0.4, 0.5) is 0 Å². The number of rotatable bonds is 2. The highest BCUT2D eigenvalue weighted by molar-refractivity contribution is 6.05. The van der Waals surface area contributed by atoms with Gasteiger partial charge in [-0.3, -0.25) is 4.79 Å². The maximum atomic E-state index is 12.1. The van der Waals surface area contributed by atoms with Gasteiger partial charge in [0.2, 0.25) is 5.76 Å². The summed E-state index contributed by atoms with van der Waals surface area (Å²) in [6.07, 6.45) is 1.37. The monoisotopic (exact) mass is 238 g/mol. The van der Waals surface area contributed by atoms with Crippen LogP contribution < -0.4 is 0 Å². The summed E-state index contributed by atoms with van der Waals surface area (Å²) >= 11 is 0. The summed E-state index contributed by atoms with van der Waals surface area (Å²) in [4.78, 5) is 23.5. The molecule has 2 bridgehead atoms. The number of carbonyl (C=O) groups is 2. The van der Waals surface area contributed by atoms with Crippen LogP contribution in [0.5, 0.6) is 0 Å². The van der Waals surface area contributed by atoms with Crippen LogP contribution in [-0.4, -0.2) is 23.5 Å². The van der Waals surface area contributed by atoms with E-state index in [9.17, 15) is 14.7 Å². The van der Waals surface area contributed by atoms with Crippen LogP contribution >= 0.6 is 0 Å². The van der Waals surface area contributed by atoms with Gasteiger partial charge in [0.25, 0.3) is 0 Å². The van der Waals surface area contributed by atoms with Gasteiger partial charge in [0.15, 0.2) is 5.78 Å². The van der Waals surface area contributed by atoms with Crippen molar-refractivity contribution in [3.63, 3.8) is 0 Å². The first-order valence-electron chi connectivity index (χ1n) is 6.03. The second kappa shape index (κ2) is 3.86. The van der Waals surface area contributed by atoms with Crippen molar-refractivity contribution in [1.82, 2.24) is 0 Å². The van der Waals surface area contributed by atoms with Crippen molar-refractivity contribution >= 4 is 11.8 Å². The molecule has 17 heavy (non-hydrogen) atoms. The van der Waals surface area contributed by atoms with Crippen molar-refractivity contribution in [3.8, 4) is 0 Å². The number of esters is 1. The van der Waals surface area contributed by atoms with Gasteiger partial charge in [-0.2, -0.15) is 0 Å². The first-order chi connectivity index (χ1) is 7.89. The predicted octanol–water partition coefficient (Wildman–Crippen LogP) is 2.00. The fraction of sp³-hybridized carbons (Fsp3) is 0.692. The predicted molar refractivity (Wildman–Crippen MR) is 61.3 cm³/mol. The third-order valence-electron chi connectivity index (χ3n) is 4.29. The zero-order valence-electron chi connectivity index (χ0n) is 10.4. The first-order valence-corrected chi connectivity index (χ1v) is 6.03. The second-order valence-corrected chi connectivity index (χ2v) is 5.42. The number of hydrogen-bond donors (Lipinski definition) is 1. The summed E-state index contributed by atoms with van der Waals surface area (Å²) in [5.41, 5.74) is 0.277. The van der Waals surface area contributed by atoms with E-state index in [1.54, 1.807) is 6.92 Å². The standard InChI is InChI=1S/C13H18O4/c1-4-17-12(16)11(15)8-5-7-6-9(10(8)14)13(7,2)3/h7,9,15H,4-6H2,1-3H3/b11-8-/t7?,9-/m0/s1. The SMILES string of the molecule is CCOC(=O)/C(O)=C1\CC2C[C@@H](C1=O)C2(C)C. The minimum atomic E-state index is -0.782. The van der Waals surface area contributed by atoms with Crippen LogP contribution in [0.3, 0.4) is 0 Å². The van der Waals surface area contributed by atoms with E-state index in [-0.39, 0.29) is 29.3 Å². The fourth-order valence-corrected chi connectivity index (χ4v) is 2.90. The summed E-state index contributed by atoms with van der Waals surface area (Å²) in [6.45, 7) is 6.01. The van der Waals surface area contributed by atoms with Gasteiger partial charge in [-0.25, -0.2) is 4.79 Å². The minimum Gasteiger partial charge on any atom is -0.502 e. The number of aliphatic hydroxyl groups excluding tert-OH is 1. The Morgan fingerprint density at radius 3 is 2.65 bits per heavy atom. The van der Waals surface area contributed by atoms with Crippen molar-refractivity contribution in [2.45, 2.75) is 33.6 Å². The van der Waals surface area contributed by atoms with E-state index < -0.39 is 11.7 Å². The van der Waals surface area contributed by atoms with Crippen LogP contribution in [0.2, 0.25) is 0 Å². The van der Waals surface area contributed by atoms with Crippen LogP contribution in [0, 0.1) is 17.3 Å². The third-order valence-corrected chi connectivity index (χ3v) is 4.29. The number of aliphatic hydroxyl groups is 1. The largest absolute Gasteiger partial charge is 0.502 e. The lowest BCUT2D eigenvalue weighted by Gasteiger charge is -2.55. The van der Waals surface area contributed by atoms with E-state index in [1.807, 2.05) is 0 Å². The molecular weight excluding hydrogens is 220 g/mol. The molecule has 0 radical (unpaired) electrons. The molecule has 4 nitrogen and oxygen atoms in total. The molecule has 3 fully saturated rings. The Bertz CT molecular complexity index is 406. The molecule has 0 spiro atoms. The van der Waals surface area contributed by atoms with Gasteiger partial charge in [-0.05, 0) is 31.1 Å². The van der Waals surface area contributed by atoms with Crippen molar-refractivity contribution in [2.24, 2.45) is 17.3 Å². The molecule has 3 aliphatic carbocycles. The average Bonchev–Trinajstić information content (AvgIpc) is 2.27. The summed E-state index contributed by atoms with van der Waals surface area (Å²) < 4.78 is 4.71. The van der Waals surface area contributed by atoms with E-state index in [0.29, 0.717) is 12.3 Å². The third kappa shape index (κ3) is 1.66. The zero-order chi connectivity index (χ0) is 12.8. The Morgan fingerprint density at radius 2 is 2.18 bits per heavy atom. The Hall–Kier alpha value is -1.32. The van der Waals surface area contributed by atoms with Crippen molar-refractivity contribution in [3.05, 3.63) is 11.3 Å². The Morgan fingerprint density at radius 1 is 1.53 bits per heavy atom. The maximum absolute atomic E-state index is 12.1. The average molecular weight is 238 g/mol. The lowest BCUT2D eigenvalue weighted by atomic mass is 9.47. The molecule has 0 aromatic carbocycles. The summed E-state index contributed by atoms with van der Waals surface area (Å²) in [7, 11) is 0. The molecule has 2 atom stereocenters. The van der Waals surface area contributed by atoms with E-state index in [0.717, 1.165) is 6.42 Å². The molecule has 0 amide bonds. The molecule has 1 N–H and O–H groups in total. The lowest BCUT2D eigenvalue weighted by molar-refractivity contribution is -0.146. The maximum Gasteiger partial charge on any atom is 0.373 e. The van der Waals surface area contributed by atoms with Gasteiger partial charge in [-0.15, -0.1) is 0 Å². The van der Waals surface area contributed by atoms with Gasteiger partial charge < -0.3 is 9.84 Å². The molecular formula is C13H18O4. The van der Waals surface area contributed by atoms with Gasteiger partial charge in [0.1, 0.15) is 0 Å². The normalized spacial score (nSPS) is 32.8. The van der Waals surface area contributed by atoms with E-state index in [2.05, 4.69) is 13.8 Å². The number of ketones is 1. The Balaban J connectivity index is 2.23. The molecule has 0 saturated heterocycles. The van der Waals surface area contributed by atoms with Crippen molar-refractivity contribution in [1.29, 1.82) is 0 Å². The Labute approximate surface area is 101 Å². The first kappa shape index (κ1) is 12.1. The van der Waals surface area contributed by atoms with E-state index in [1.165, 1.54) is 0 Å². The molecule has 0 aliphatic heterocycles. The van der Waals surface area contributed by atoms with E-state index in [4.69, 9.17) is 4.74 Å². The number of ether oxygens (including phenoxy) is 1. The molecule has 3 aliphatic rings. The second-order valence-electron chi connectivity index (χ2n) is 5.42. The van der Waals surface area contributed by atoms with Crippen LogP contribution in [0.25, 0.3) is 0 Å². The van der Waals surface area contributed by atoms with Crippen molar-refractivity contribution in [2.75, 3.05) is 6.61 Å². The fourth-order valence-electron chi connectivity index (χ4n) is 2.90. The summed E-state index contributed by atoms with van der Waals surface area (Å²) in [5.74, 6) is -1.01. The number of fused-ring (bicyclic) bond motifs is 2. The van der Waals surface area contributed by atoms with Gasteiger partial charge in [0.05, 0.1) is 6.61 Å². The molecule has 3 saturated carbocycles. The zero-order valence-corrected chi connectivity index (χ0v) is 10.4. The quantitative estimate of drug-likeness (QED) is 0.454. The molecule has 0 aromatic rings. The van der Waals surface area contributed by atoms with Crippen LogP contribution in [0.15, 0.2) is 11.3 Å². The number of carbonyl (C=O) groups excluding carboxylic acids is 2. The van der Waals surface area contributed by atoms with Crippen molar-refractivity contribution < 1.29 is 19.4 Å². The van der Waals surface area contributed by atoms with Gasteiger partial charge in [-0.1, -0.05) is 13.8 Å². The Kier molecular flexibility index (Phi) is 2.76. The molecule has 1 unspecified atom stereocenters. The topological polar surface area (TPSA) is 63.6 Å². The molecule has 3 rings (SSSR count). The lowest BCUT2D eigenvalue weighted by Crippen LogP contribution is -2.54. The highest BCUT2D eigenvalue weighted by Crippen LogP contribution is 2.59. The minimum absolute atomic E-state index is 0.00945. The number of allylic oxidation sites excluding steroid dienone is 1. The van der Waals surface area contributed by atoms with Gasteiger partial charge >= 0.3 is 5.97 Å². The highest BCUT2D eigenvalue weighted by Gasteiger charge is 2.57. The summed E-state index contributed by atoms with van der Waals surface area (Å²) in [6, 6.07) is 0. The van der Waals surface area contributed by atoms with Crippen LogP contribution in [0.1, 0.15) is 33.6 Å². The van der Waals surface area contributed by atoms with Crippen LogP contribution in [-0.2, 0) is 14.3 Å². The molecule has 0 heterocycles. The van der Waals surface area contributed by atoms with E-state index >= 15 is 0 Å². The van der Waals surface area contributed by atoms with Gasteiger partial charge in [0, 0.05) is 11.5 Å². The summed E-state index contributed by atoms with van der Waals surface area (Å²) in [5, 5.41) is 9.74. The molecule has 94 valence electrons.